The maximum absolute atomic E-state index is 12.5. The summed E-state index contributed by atoms with van der Waals surface area (Å²) in [6, 6.07) is 12.7. The van der Waals surface area contributed by atoms with Gasteiger partial charge in [-0.15, -0.1) is 0 Å². The number of amides is 1. The maximum Gasteiger partial charge on any atom is 0.248 e. The molecule has 0 saturated carbocycles. The predicted octanol–water partition coefficient (Wildman–Crippen LogP) is 3.44. The second-order valence-corrected chi connectivity index (χ2v) is 7.81. The Morgan fingerprint density at radius 2 is 1.71 bits per heavy atom. The number of rotatable bonds is 5. The molecule has 1 N–H and O–H groups in total. The highest BCUT2D eigenvalue weighted by Crippen LogP contribution is 2.24. The van der Waals surface area contributed by atoms with Crippen molar-refractivity contribution in [2.24, 2.45) is 0 Å². The van der Waals surface area contributed by atoms with Gasteiger partial charge >= 0.3 is 0 Å². The first-order valence-electron chi connectivity index (χ1n) is 7.31. The molecule has 5 nitrogen and oxygen atoms in total. The summed E-state index contributed by atoms with van der Waals surface area (Å²) in [4.78, 5) is 12.5. The van der Waals surface area contributed by atoms with Crippen LogP contribution in [0.3, 0.4) is 0 Å². The molecule has 24 heavy (non-hydrogen) atoms. The molecule has 2 aromatic rings. The molecule has 0 aliphatic rings. The zero-order chi connectivity index (χ0) is 17.9. The molecule has 0 radical (unpaired) electrons. The Morgan fingerprint density at radius 1 is 1.12 bits per heavy atom. The third-order valence-corrected chi connectivity index (χ3v) is 5.07. The first-order chi connectivity index (χ1) is 11.2. The van der Waals surface area contributed by atoms with Crippen LogP contribution in [-0.4, -0.2) is 26.6 Å². The van der Waals surface area contributed by atoms with Crippen molar-refractivity contribution < 1.29 is 13.2 Å². The number of aryl methyl sites for hydroxylation is 1. The number of carbonyl (C=O) groups excluding carboxylic acids is 1. The fourth-order valence-corrected chi connectivity index (χ4v) is 3.65. The van der Waals surface area contributed by atoms with Gasteiger partial charge in [0.1, 0.15) is 6.04 Å². The number of halogens is 1. The lowest BCUT2D eigenvalue weighted by Gasteiger charge is -2.28. The molecule has 0 aliphatic carbocycles. The molecule has 0 unspecified atom stereocenters. The van der Waals surface area contributed by atoms with E-state index < -0.39 is 22.0 Å². The van der Waals surface area contributed by atoms with E-state index in [0.29, 0.717) is 16.4 Å². The van der Waals surface area contributed by atoms with Crippen LogP contribution in [0.1, 0.15) is 12.5 Å². The summed E-state index contributed by atoms with van der Waals surface area (Å²) in [6.45, 7) is 3.41. The van der Waals surface area contributed by atoms with Gasteiger partial charge in [0, 0.05) is 10.7 Å². The van der Waals surface area contributed by atoms with Crippen LogP contribution >= 0.6 is 11.6 Å². The molecule has 1 atom stereocenters. The fourth-order valence-electron chi connectivity index (χ4n) is 2.35. The van der Waals surface area contributed by atoms with Crippen LogP contribution in [0, 0.1) is 6.92 Å². The van der Waals surface area contributed by atoms with E-state index in [2.05, 4.69) is 5.32 Å². The smallest absolute Gasteiger partial charge is 0.248 e. The summed E-state index contributed by atoms with van der Waals surface area (Å²) in [5.74, 6) is -0.412. The van der Waals surface area contributed by atoms with E-state index in [0.717, 1.165) is 16.1 Å². The van der Waals surface area contributed by atoms with Gasteiger partial charge in [0.15, 0.2) is 0 Å². The predicted molar refractivity (Wildman–Crippen MR) is 98.0 cm³/mol. The molecular formula is C17H19ClN2O3S. The summed E-state index contributed by atoms with van der Waals surface area (Å²) in [6.07, 6.45) is 1.07. The second-order valence-electron chi connectivity index (χ2n) is 5.52. The molecule has 0 fully saturated rings. The Hall–Kier alpha value is -2.05. The van der Waals surface area contributed by atoms with E-state index in [4.69, 9.17) is 11.6 Å². The van der Waals surface area contributed by atoms with E-state index in [9.17, 15) is 13.2 Å². The van der Waals surface area contributed by atoms with Crippen molar-refractivity contribution in [1.29, 1.82) is 0 Å². The van der Waals surface area contributed by atoms with Crippen LogP contribution in [-0.2, 0) is 14.8 Å². The van der Waals surface area contributed by atoms with Crippen molar-refractivity contribution in [3.63, 3.8) is 0 Å². The third kappa shape index (κ3) is 4.27. The van der Waals surface area contributed by atoms with Gasteiger partial charge in [0.25, 0.3) is 0 Å². The van der Waals surface area contributed by atoms with Crippen LogP contribution in [0.5, 0.6) is 0 Å². The Bertz CT molecular complexity index is 835. The Labute approximate surface area is 147 Å². The monoisotopic (exact) mass is 366 g/mol. The van der Waals surface area contributed by atoms with Crippen LogP contribution in [0.2, 0.25) is 5.02 Å². The number of anilines is 2. The average Bonchev–Trinajstić information content (AvgIpc) is 2.50. The van der Waals surface area contributed by atoms with Crippen LogP contribution in [0.4, 0.5) is 11.4 Å². The van der Waals surface area contributed by atoms with Gasteiger partial charge in [-0.1, -0.05) is 29.8 Å². The van der Waals surface area contributed by atoms with Gasteiger partial charge in [-0.25, -0.2) is 8.42 Å². The highest BCUT2D eigenvalue weighted by Gasteiger charge is 2.29. The van der Waals surface area contributed by atoms with Crippen molar-refractivity contribution in [2.75, 3.05) is 15.9 Å². The molecule has 1 amide bonds. The SMILES string of the molecule is Cc1ccccc1NC(=O)[C@H](C)N(c1ccc(Cl)cc1)S(C)(=O)=O. The molecule has 0 aliphatic heterocycles. The molecule has 2 rings (SSSR count). The third-order valence-electron chi connectivity index (χ3n) is 3.57. The van der Waals surface area contributed by atoms with Gasteiger partial charge in [0.05, 0.1) is 11.9 Å². The fraction of sp³-hybridized carbons (Fsp3) is 0.235. The topological polar surface area (TPSA) is 66.5 Å². The minimum atomic E-state index is -3.65. The maximum atomic E-state index is 12.5. The van der Waals surface area contributed by atoms with Crippen LogP contribution < -0.4 is 9.62 Å². The Balaban J connectivity index is 2.31. The van der Waals surface area contributed by atoms with Gasteiger partial charge in [0.2, 0.25) is 15.9 Å². The van der Waals surface area contributed by atoms with Gasteiger partial charge < -0.3 is 5.32 Å². The van der Waals surface area contributed by atoms with Crippen molar-refractivity contribution in [3.05, 3.63) is 59.1 Å². The van der Waals surface area contributed by atoms with E-state index in [1.807, 2.05) is 19.1 Å². The molecule has 0 bridgehead atoms. The quantitative estimate of drug-likeness (QED) is 0.881. The van der Waals surface area contributed by atoms with Crippen LogP contribution in [0.15, 0.2) is 48.5 Å². The van der Waals surface area contributed by atoms with Crippen molar-refractivity contribution in [2.45, 2.75) is 19.9 Å². The van der Waals surface area contributed by atoms with Crippen LogP contribution in [0.25, 0.3) is 0 Å². The van der Waals surface area contributed by atoms with E-state index in [1.165, 1.54) is 0 Å². The lowest BCUT2D eigenvalue weighted by molar-refractivity contribution is -0.116. The van der Waals surface area contributed by atoms with E-state index in [1.54, 1.807) is 43.3 Å². The van der Waals surface area contributed by atoms with E-state index >= 15 is 0 Å². The number of benzene rings is 2. The largest absolute Gasteiger partial charge is 0.324 e. The number of carbonyl (C=O) groups is 1. The molecule has 2 aromatic carbocycles. The second kappa shape index (κ2) is 7.23. The minimum absolute atomic E-state index is 0.384. The number of hydrogen-bond donors (Lipinski definition) is 1. The van der Waals surface area contributed by atoms with Crippen molar-refractivity contribution >= 4 is 38.9 Å². The number of para-hydroxylation sites is 1. The highest BCUT2D eigenvalue weighted by atomic mass is 35.5. The number of sulfonamides is 1. The lowest BCUT2D eigenvalue weighted by Crippen LogP contribution is -2.45. The summed E-state index contributed by atoms with van der Waals surface area (Å²) < 4.78 is 25.5. The molecule has 0 heterocycles. The van der Waals surface area contributed by atoms with Crippen molar-refractivity contribution in [1.82, 2.24) is 0 Å². The van der Waals surface area contributed by atoms with E-state index in [-0.39, 0.29) is 0 Å². The normalized spacial score (nSPS) is 12.5. The van der Waals surface area contributed by atoms with Crippen molar-refractivity contribution in [3.8, 4) is 0 Å². The summed E-state index contributed by atoms with van der Waals surface area (Å²) >= 11 is 5.85. The molecule has 0 aromatic heterocycles. The number of nitrogens with zero attached hydrogens (tertiary/aromatic N) is 1. The zero-order valence-electron chi connectivity index (χ0n) is 13.7. The summed E-state index contributed by atoms with van der Waals surface area (Å²) in [7, 11) is -3.65. The summed E-state index contributed by atoms with van der Waals surface area (Å²) in [5.41, 5.74) is 1.93. The Morgan fingerprint density at radius 3 is 2.25 bits per heavy atom. The summed E-state index contributed by atoms with van der Waals surface area (Å²) in [5, 5.41) is 3.26. The molecule has 0 saturated heterocycles. The Kier molecular flexibility index (Phi) is 5.51. The van der Waals surface area contributed by atoms with Gasteiger partial charge in [-0.05, 0) is 49.7 Å². The number of nitrogens with one attached hydrogen (secondary N) is 1. The number of hydrogen-bond acceptors (Lipinski definition) is 3. The highest BCUT2D eigenvalue weighted by molar-refractivity contribution is 7.92. The van der Waals surface area contributed by atoms with Gasteiger partial charge in [-0.2, -0.15) is 0 Å². The average molecular weight is 367 g/mol. The lowest BCUT2D eigenvalue weighted by atomic mass is 10.2. The molecule has 128 valence electrons. The molecular weight excluding hydrogens is 348 g/mol. The first kappa shape index (κ1) is 18.3. The van der Waals surface area contributed by atoms with Gasteiger partial charge in [-0.3, -0.25) is 9.10 Å². The molecule has 7 heteroatoms. The molecule has 0 spiro atoms. The minimum Gasteiger partial charge on any atom is -0.324 e. The zero-order valence-corrected chi connectivity index (χ0v) is 15.2. The standard InChI is InChI=1S/C17H19ClN2O3S/c1-12-6-4-5-7-16(12)19-17(21)13(2)20(24(3,22)23)15-10-8-14(18)9-11-15/h4-11,13H,1-3H3,(H,19,21)/t13-/m0/s1. The first-order valence-corrected chi connectivity index (χ1v) is 9.54.